The molecule has 0 bridgehead atoms. The van der Waals surface area contributed by atoms with Crippen molar-refractivity contribution in [2.45, 2.75) is 19.6 Å². The third-order valence-corrected chi connectivity index (χ3v) is 3.69. The smallest absolute Gasteiger partial charge is 0.132 e. The number of hydrogen-bond donors (Lipinski definition) is 1. The number of benzene rings is 1. The van der Waals surface area contributed by atoms with Crippen molar-refractivity contribution in [2.24, 2.45) is 5.73 Å². The van der Waals surface area contributed by atoms with Crippen LogP contribution in [0.1, 0.15) is 16.0 Å². The van der Waals surface area contributed by atoms with Gasteiger partial charge in [0.1, 0.15) is 5.82 Å². The summed E-state index contributed by atoms with van der Waals surface area (Å²) in [5.41, 5.74) is 6.79. The Hall–Kier alpha value is -1.23. The van der Waals surface area contributed by atoms with Crippen molar-refractivity contribution >= 4 is 11.3 Å². The number of rotatable bonds is 5. The number of hydrogen-bond acceptors (Lipinski definition) is 3. The van der Waals surface area contributed by atoms with E-state index in [0.717, 1.165) is 6.54 Å². The number of thiophene rings is 1. The molecule has 0 aliphatic heterocycles. The molecule has 18 heavy (non-hydrogen) atoms. The molecule has 2 aromatic rings. The molecular formula is C14H17FN2S. The first-order valence-corrected chi connectivity index (χ1v) is 6.76. The molecule has 0 spiro atoms. The number of nitrogens with zero attached hydrogens (tertiary/aromatic N) is 1. The van der Waals surface area contributed by atoms with Crippen LogP contribution in [-0.2, 0) is 19.6 Å². The predicted molar refractivity (Wildman–Crippen MR) is 73.8 cm³/mol. The highest BCUT2D eigenvalue weighted by atomic mass is 32.1. The van der Waals surface area contributed by atoms with Gasteiger partial charge in [-0.25, -0.2) is 4.39 Å². The molecule has 0 saturated carbocycles. The van der Waals surface area contributed by atoms with Crippen molar-refractivity contribution in [1.82, 2.24) is 4.90 Å². The molecule has 4 heteroatoms. The van der Waals surface area contributed by atoms with E-state index in [1.54, 1.807) is 17.4 Å². The molecule has 0 unspecified atom stereocenters. The van der Waals surface area contributed by atoms with Gasteiger partial charge in [0.15, 0.2) is 0 Å². The van der Waals surface area contributed by atoms with E-state index in [-0.39, 0.29) is 12.4 Å². The Balaban J connectivity index is 2.05. The Morgan fingerprint density at radius 1 is 1.17 bits per heavy atom. The molecule has 0 aliphatic carbocycles. The first-order chi connectivity index (χ1) is 8.70. The zero-order chi connectivity index (χ0) is 13.0. The van der Waals surface area contributed by atoms with E-state index in [9.17, 15) is 4.39 Å². The Bertz CT molecular complexity index is 497. The molecule has 0 fully saturated rings. The topological polar surface area (TPSA) is 29.3 Å². The second-order valence-corrected chi connectivity index (χ2v) is 5.38. The van der Waals surface area contributed by atoms with Crippen LogP contribution in [0.2, 0.25) is 0 Å². The molecule has 1 aromatic carbocycles. The second-order valence-electron chi connectivity index (χ2n) is 4.35. The quantitative estimate of drug-likeness (QED) is 0.899. The third kappa shape index (κ3) is 3.16. The summed E-state index contributed by atoms with van der Waals surface area (Å²) in [4.78, 5) is 3.39. The summed E-state index contributed by atoms with van der Waals surface area (Å²) in [7, 11) is 1.99. The zero-order valence-corrected chi connectivity index (χ0v) is 11.2. The second kappa shape index (κ2) is 6.09. The third-order valence-electron chi connectivity index (χ3n) is 2.82. The Morgan fingerprint density at radius 3 is 2.61 bits per heavy atom. The summed E-state index contributed by atoms with van der Waals surface area (Å²) >= 11 is 1.72. The van der Waals surface area contributed by atoms with Gasteiger partial charge in [0.2, 0.25) is 0 Å². The Morgan fingerprint density at radius 2 is 1.94 bits per heavy atom. The molecule has 2 N–H and O–H groups in total. The minimum Gasteiger partial charge on any atom is -0.326 e. The van der Waals surface area contributed by atoms with E-state index in [0.29, 0.717) is 17.7 Å². The molecule has 0 radical (unpaired) electrons. The van der Waals surface area contributed by atoms with Crippen molar-refractivity contribution in [1.29, 1.82) is 0 Å². The predicted octanol–water partition coefficient (Wildman–Crippen LogP) is 2.98. The van der Waals surface area contributed by atoms with E-state index in [1.165, 1.54) is 4.88 Å². The number of nitrogens with two attached hydrogens (primary N) is 1. The molecule has 0 aliphatic rings. The normalized spacial score (nSPS) is 11.1. The maximum atomic E-state index is 14.0. The molecule has 0 atom stereocenters. The van der Waals surface area contributed by atoms with Crippen LogP contribution in [0.15, 0.2) is 35.7 Å². The summed E-state index contributed by atoms with van der Waals surface area (Å²) in [5.74, 6) is -0.168. The van der Waals surface area contributed by atoms with Crippen LogP contribution in [0.5, 0.6) is 0 Å². The highest BCUT2D eigenvalue weighted by Crippen LogP contribution is 2.16. The minimum absolute atomic E-state index is 0.168. The zero-order valence-electron chi connectivity index (χ0n) is 10.4. The standard InChI is InChI=1S/C14H17FN2S/c1-17(10-13-6-3-7-18-13)9-12-5-2-4-11(8-16)14(12)15/h2-7H,8-10,16H2,1H3. The molecule has 1 aromatic heterocycles. The average Bonchev–Trinajstić information content (AvgIpc) is 2.84. The van der Waals surface area contributed by atoms with Gasteiger partial charge >= 0.3 is 0 Å². The fourth-order valence-corrected chi connectivity index (χ4v) is 2.71. The van der Waals surface area contributed by atoms with Gasteiger partial charge in [-0.05, 0) is 18.5 Å². The largest absolute Gasteiger partial charge is 0.326 e. The van der Waals surface area contributed by atoms with Crippen LogP contribution in [0.3, 0.4) is 0 Å². The van der Waals surface area contributed by atoms with Gasteiger partial charge < -0.3 is 5.73 Å². The molecule has 96 valence electrons. The van der Waals surface area contributed by atoms with Crippen LogP contribution in [0.4, 0.5) is 4.39 Å². The summed E-state index contributed by atoms with van der Waals surface area (Å²) in [6, 6.07) is 9.54. The van der Waals surface area contributed by atoms with Crippen LogP contribution in [-0.4, -0.2) is 11.9 Å². The maximum absolute atomic E-state index is 14.0. The van der Waals surface area contributed by atoms with Gasteiger partial charge in [0.25, 0.3) is 0 Å². The molecule has 0 saturated heterocycles. The summed E-state index contributed by atoms with van der Waals surface area (Å²) < 4.78 is 14.0. The van der Waals surface area contributed by atoms with Crippen molar-refractivity contribution in [2.75, 3.05) is 7.05 Å². The highest BCUT2D eigenvalue weighted by molar-refractivity contribution is 7.09. The van der Waals surface area contributed by atoms with E-state index in [1.807, 2.05) is 25.2 Å². The van der Waals surface area contributed by atoms with Gasteiger partial charge in [-0.1, -0.05) is 24.3 Å². The molecular weight excluding hydrogens is 247 g/mol. The SMILES string of the molecule is CN(Cc1cccs1)Cc1cccc(CN)c1F. The maximum Gasteiger partial charge on any atom is 0.132 e. The molecule has 1 heterocycles. The lowest BCUT2D eigenvalue weighted by molar-refractivity contribution is 0.316. The van der Waals surface area contributed by atoms with E-state index in [2.05, 4.69) is 16.3 Å². The lowest BCUT2D eigenvalue weighted by Gasteiger charge is -2.17. The van der Waals surface area contributed by atoms with Crippen molar-refractivity contribution in [3.05, 3.63) is 57.5 Å². The average molecular weight is 264 g/mol. The number of halogens is 1. The van der Waals surface area contributed by atoms with Gasteiger partial charge in [0.05, 0.1) is 0 Å². The monoisotopic (exact) mass is 264 g/mol. The molecule has 0 amide bonds. The van der Waals surface area contributed by atoms with Gasteiger partial charge in [-0.15, -0.1) is 11.3 Å². The van der Waals surface area contributed by atoms with Crippen molar-refractivity contribution in [3.8, 4) is 0 Å². The molecule has 2 rings (SSSR count). The first kappa shape index (κ1) is 13.2. The van der Waals surface area contributed by atoms with Crippen LogP contribution in [0.25, 0.3) is 0 Å². The van der Waals surface area contributed by atoms with Gasteiger partial charge in [-0.3, -0.25) is 4.90 Å². The fraction of sp³-hybridized carbons (Fsp3) is 0.286. The van der Waals surface area contributed by atoms with Crippen LogP contribution < -0.4 is 5.73 Å². The van der Waals surface area contributed by atoms with E-state index < -0.39 is 0 Å². The molecule has 2 nitrogen and oxygen atoms in total. The van der Waals surface area contributed by atoms with Crippen LogP contribution in [0, 0.1) is 5.82 Å². The summed E-state index contributed by atoms with van der Waals surface area (Å²) in [6.07, 6.45) is 0. The summed E-state index contributed by atoms with van der Waals surface area (Å²) in [5, 5.41) is 2.05. The van der Waals surface area contributed by atoms with Crippen molar-refractivity contribution in [3.63, 3.8) is 0 Å². The lowest BCUT2D eigenvalue weighted by Crippen LogP contribution is -2.18. The lowest BCUT2D eigenvalue weighted by atomic mass is 10.1. The van der Waals surface area contributed by atoms with Gasteiger partial charge in [-0.2, -0.15) is 0 Å². The van der Waals surface area contributed by atoms with Gasteiger partial charge in [0, 0.05) is 35.6 Å². The Kier molecular flexibility index (Phi) is 4.47. The minimum atomic E-state index is -0.168. The Labute approximate surface area is 111 Å². The fourth-order valence-electron chi connectivity index (χ4n) is 1.93. The van der Waals surface area contributed by atoms with E-state index in [4.69, 9.17) is 5.73 Å². The summed E-state index contributed by atoms with van der Waals surface area (Å²) in [6.45, 7) is 1.68. The first-order valence-electron chi connectivity index (χ1n) is 5.88. The van der Waals surface area contributed by atoms with Crippen molar-refractivity contribution < 1.29 is 4.39 Å². The van der Waals surface area contributed by atoms with Crippen LogP contribution >= 0.6 is 11.3 Å². The van der Waals surface area contributed by atoms with E-state index >= 15 is 0 Å². The highest BCUT2D eigenvalue weighted by Gasteiger charge is 2.09.